The summed E-state index contributed by atoms with van der Waals surface area (Å²) in [6.07, 6.45) is 9.57. The van der Waals surface area contributed by atoms with Crippen LogP contribution < -0.4 is 11.2 Å². The Labute approximate surface area is 105 Å². The number of amides is 1. The van der Waals surface area contributed by atoms with Crippen molar-refractivity contribution in [3.05, 3.63) is 35.1 Å². The number of carbonyl (C=O) groups excluding carboxylic acids is 1. The number of allylic oxidation sites excluding steroid dienone is 3. The molecule has 0 bridgehead atoms. The van der Waals surface area contributed by atoms with Gasteiger partial charge in [-0.1, -0.05) is 17.7 Å². The Morgan fingerprint density at radius 1 is 1.41 bits per heavy atom. The molecule has 0 saturated carbocycles. The molecule has 2 aliphatic rings. The minimum atomic E-state index is -0.432. The average Bonchev–Trinajstić information content (AvgIpc) is 2.33. The van der Waals surface area contributed by atoms with Crippen molar-refractivity contribution >= 4 is 22.7 Å². The Morgan fingerprint density at radius 3 is 2.76 bits per heavy atom. The number of hydrogen-bond acceptors (Lipinski definition) is 3. The van der Waals surface area contributed by atoms with Crippen LogP contribution in [0.5, 0.6) is 0 Å². The van der Waals surface area contributed by atoms with Gasteiger partial charge in [0.1, 0.15) is 5.17 Å². The van der Waals surface area contributed by atoms with Gasteiger partial charge in [0.25, 0.3) is 5.91 Å². The molecule has 0 aromatic heterocycles. The molecule has 1 heterocycles. The summed E-state index contributed by atoms with van der Waals surface area (Å²) in [6.45, 7) is 0. The molecule has 3 N–H and O–H groups in total. The summed E-state index contributed by atoms with van der Waals surface area (Å²) >= 11 is 5.70. The molecule has 0 radical (unpaired) electrons. The van der Waals surface area contributed by atoms with Gasteiger partial charge in [-0.15, -0.1) is 0 Å². The molecule has 2 rings (SSSR count). The highest BCUT2D eigenvalue weighted by Gasteiger charge is 2.18. The van der Waals surface area contributed by atoms with Crippen LogP contribution in [0.1, 0.15) is 25.7 Å². The number of nitrogens with one attached hydrogen (secondary N) is 1. The maximum absolute atomic E-state index is 11.5. The van der Waals surface area contributed by atoms with Gasteiger partial charge in [0.2, 0.25) is 0 Å². The second kappa shape index (κ2) is 5.19. The number of nitrogens with zero attached hydrogens (tertiary/aromatic N) is 1. The topological polar surface area (TPSA) is 67.5 Å². The average molecular weight is 252 g/mol. The minimum absolute atomic E-state index is 0.357. The van der Waals surface area contributed by atoms with E-state index in [1.165, 1.54) is 0 Å². The fourth-order valence-electron chi connectivity index (χ4n) is 2.01. The number of hydrazone groups is 1. The molecule has 5 heteroatoms. The van der Waals surface area contributed by atoms with Crippen LogP contribution in [0.4, 0.5) is 0 Å². The molecule has 0 aromatic carbocycles. The van der Waals surface area contributed by atoms with E-state index in [2.05, 4.69) is 16.6 Å². The number of halogens is 1. The van der Waals surface area contributed by atoms with Crippen LogP contribution >= 0.6 is 11.6 Å². The zero-order valence-corrected chi connectivity index (χ0v) is 10.1. The zero-order chi connectivity index (χ0) is 12.3. The third-order valence-electron chi connectivity index (χ3n) is 2.80. The van der Waals surface area contributed by atoms with Gasteiger partial charge in [0, 0.05) is 0 Å². The van der Waals surface area contributed by atoms with E-state index in [9.17, 15) is 4.79 Å². The SMILES string of the molecule is NC(=O)/C(C1=CCCCC1)=C1/C=CC(Cl)=NN1. The predicted molar refractivity (Wildman–Crippen MR) is 68.3 cm³/mol. The van der Waals surface area contributed by atoms with E-state index in [0.717, 1.165) is 31.3 Å². The van der Waals surface area contributed by atoms with Gasteiger partial charge in [-0.05, 0) is 43.4 Å². The Kier molecular flexibility index (Phi) is 3.64. The first-order chi connectivity index (χ1) is 8.18. The van der Waals surface area contributed by atoms with Crippen LogP contribution in [0.2, 0.25) is 0 Å². The number of hydrogen-bond donors (Lipinski definition) is 2. The van der Waals surface area contributed by atoms with E-state index in [1.807, 2.05) is 0 Å². The van der Waals surface area contributed by atoms with E-state index in [1.54, 1.807) is 12.2 Å². The van der Waals surface area contributed by atoms with Gasteiger partial charge >= 0.3 is 0 Å². The maximum atomic E-state index is 11.5. The van der Waals surface area contributed by atoms with Gasteiger partial charge in [-0.25, -0.2) is 0 Å². The van der Waals surface area contributed by atoms with Crippen molar-refractivity contribution in [1.29, 1.82) is 0 Å². The molecule has 90 valence electrons. The number of carbonyl (C=O) groups is 1. The van der Waals surface area contributed by atoms with Gasteiger partial charge < -0.3 is 5.73 Å². The van der Waals surface area contributed by atoms with Crippen LogP contribution in [0.3, 0.4) is 0 Å². The van der Waals surface area contributed by atoms with Crippen molar-refractivity contribution < 1.29 is 4.79 Å². The monoisotopic (exact) mass is 251 g/mol. The second-order valence-corrected chi connectivity index (χ2v) is 4.39. The molecule has 0 unspecified atom stereocenters. The highest BCUT2D eigenvalue weighted by Crippen LogP contribution is 2.26. The van der Waals surface area contributed by atoms with Gasteiger partial charge in [0.15, 0.2) is 0 Å². The Balaban J connectivity index is 2.36. The first-order valence-corrected chi connectivity index (χ1v) is 5.97. The van der Waals surface area contributed by atoms with Crippen molar-refractivity contribution in [2.24, 2.45) is 10.8 Å². The molecular weight excluding hydrogens is 238 g/mol. The van der Waals surface area contributed by atoms with Crippen molar-refractivity contribution in [3.63, 3.8) is 0 Å². The first-order valence-electron chi connectivity index (χ1n) is 5.59. The molecule has 4 nitrogen and oxygen atoms in total. The molecule has 0 spiro atoms. The van der Waals surface area contributed by atoms with Crippen LogP contribution in [0, 0.1) is 0 Å². The standard InChI is InChI=1S/C12H14ClN3O/c13-10-7-6-9(15-16-10)11(12(14)17)8-4-2-1-3-5-8/h4,6-7,15H,1-3,5H2,(H2,14,17)/b11-9-. The molecule has 0 saturated heterocycles. The quantitative estimate of drug-likeness (QED) is 0.737. The van der Waals surface area contributed by atoms with Crippen molar-refractivity contribution in [1.82, 2.24) is 5.43 Å². The highest BCUT2D eigenvalue weighted by molar-refractivity contribution is 6.68. The summed E-state index contributed by atoms with van der Waals surface area (Å²) in [6, 6.07) is 0. The zero-order valence-electron chi connectivity index (χ0n) is 9.37. The third kappa shape index (κ3) is 2.77. The number of nitrogens with two attached hydrogens (primary N) is 1. The Hall–Kier alpha value is -1.55. The summed E-state index contributed by atoms with van der Waals surface area (Å²) in [4.78, 5) is 11.5. The molecule has 0 atom stereocenters. The lowest BCUT2D eigenvalue weighted by Gasteiger charge is -2.17. The Morgan fingerprint density at radius 2 is 2.24 bits per heavy atom. The summed E-state index contributed by atoms with van der Waals surface area (Å²) < 4.78 is 0. The largest absolute Gasteiger partial charge is 0.366 e. The summed E-state index contributed by atoms with van der Waals surface area (Å²) in [5.74, 6) is -0.432. The molecular formula is C12H14ClN3O. The normalized spacial score (nSPS) is 22.4. The van der Waals surface area contributed by atoms with Gasteiger partial charge in [-0.2, -0.15) is 5.10 Å². The van der Waals surface area contributed by atoms with Crippen molar-refractivity contribution in [3.8, 4) is 0 Å². The lowest BCUT2D eigenvalue weighted by atomic mass is 9.91. The van der Waals surface area contributed by atoms with Crippen molar-refractivity contribution in [2.45, 2.75) is 25.7 Å². The molecule has 1 amide bonds. The van der Waals surface area contributed by atoms with E-state index in [-0.39, 0.29) is 0 Å². The number of primary amides is 1. The van der Waals surface area contributed by atoms with Crippen LogP contribution in [-0.2, 0) is 4.79 Å². The smallest absolute Gasteiger partial charge is 0.251 e. The van der Waals surface area contributed by atoms with Crippen LogP contribution in [0.15, 0.2) is 40.2 Å². The van der Waals surface area contributed by atoms with Crippen molar-refractivity contribution in [2.75, 3.05) is 0 Å². The molecule has 0 fully saturated rings. The Bertz CT molecular complexity index is 460. The highest BCUT2D eigenvalue weighted by atomic mass is 35.5. The van der Waals surface area contributed by atoms with E-state index in [4.69, 9.17) is 17.3 Å². The fraction of sp³-hybridized carbons (Fsp3) is 0.333. The van der Waals surface area contributed by atoms with E-state index >= 15 is 0 Å². The molecule has 17 heavy (non-hydrogen) atoms. The molecule has 1 aliphatic carbocycles. The van der Waals surface area contributed by atoms with Crippen LogP contribution in [-0.4, -0.2) is 11.1 Å². The fourth-order valence-corrected chi connectivity index (χ4v) is 2.11. The predicted octanol–water partition coefficient (Wildman–Crippen LogP) is 1.94. The minimum Gasteiger partial charge on any atom is -0.366 e. The summed E-state index contributed by atoms with van der Waals surface area (Å²) in [5.41, 5.74) is 10.3. The lowest BCUT2D eigenvalue weighted by molar-refractivity contribution is -0.114. The molecule has 1 aliphatic heterocycles. The lowest BCUT2D eigenvalue weighted by Crippen LogP contribution is -2.23. The van der Waals surface area contributed by atoms with Gasteiger partial charge in [0.05, 0.1) is 11.3 Å². The van der Waals surface area contributed by atoms with Crippen LogP contribution in [0.25, 0.3) is 0 Å². The summed E-state index contributed by atoms with van der Waals surface area (Å²) in [7, 11) is 0. The van der Waals surface area contributed by atoms with E-state index in [0.29, 0.717) is 16.4 Å². The number of rotatable bonds is 2. The van der Waals surface area contributed by atoms with Gasteiger partial charge in [-0.3, -0.25) is 10.2 Å². The first kappa shape index (κ1) is 11.9. The van der Waals surface area contributed by atoms with E-state index < -0.39 is 5.91 Å². The maximum Gasteiger partial charge on any atom is 0.251 e. The second-order valence-electron chi connectivity index (χ2n) is 4.01. The third-order valence-corrected chi connectivity index (χ3v) is 3.01. The molecule has 0 aromatic rings. The summed E-state index contributed by atoms with van der Waals surface area (Å²) in [5, 5.41) is 4.22.